The zero-order chi connectivity index (χ0) is 21.5. The number of benzene rings is 1. The predicted molar refractivity (Wildman–Crippen MR) is 117 cm³/mol. The Morgan fingerprint density at radius 3 is 2.58 bits per heavy atom. The highest BCUT2D eigenvalue weighted by Gasteiger charge is 2.19. The van der Waals surface area contributed by atoms with Crippen LogP contribution in [0.25, 0.3) is 22.4 Å². The molecule has 5 aromatic rings. The molecule has 4 aromatic heterocycles. The van der Waals surface area contributed by atoms with E-state index in [9.17, 15) is 0 Å². The maximum Gasteiger partial charge on any atom is 0.168 e. The first-order valence-corrected chi connectivity index (χ1v) is 9.94. The van der Waals surface area contributed by atoms with Crippen LogP contribution in [-0.4, -0.2) is 43.4 Å². The molecule has 156 valence electrons. The van der Waals surface area contributed by atoms with E-state index in [1.165, 1.54) is 0 Å². The van der Waals surface area contributed by atoms with E-state index in [0.29, 0.717) is 23.7 Å². The number of fused-ring (bicyclic) bond motifs is 3. The van der Waals surface area contributed by atoms with Gasteiger partial charge in [0, 0.05) is 18.3 Å². The number of aromatic nitrogens is 6. The first-order chi connectivity index (χ1) is 15.1. The fraction of sp³-hybridized carbons (Fsp3) is 0.217. The lowest BCUT2D eigenvalue weighted by Gasteiger charge is -2.08. The van der Waals surface area contributed by atoms with Gasteiger partial charge in [-0.1, -0.05) is 6.07 Å². The lowest BCUT2D eigenvalue weighted by molar-refractivity contribution is 0.354. The molecule has 0 saturated carbocycles. The second kappa shape index (κ2) is 7.39. The molecule has 0 amide bonds. The van der Waals surface area contributed by atoms with E-state index >= 15 is 0 Å². The highest BCUT2D eigenvalue weighted by Crippen LogP contribution is 2.30. The minimum atomic E-state index is 0.574. The molecule has 0 radical (unpaired) electrons. The quantitative estimate of drug-likeness (QED) is 0.436. The topological polar surface area (TPSA) is 79.4 Å². The van der Waals surface area contributed by atoms with Crippen LogP contribution in [0.1, 0.15) is 22.6 Å². The van der Waals surface area contributed by atoms with Gasteiger partial charge in [0.1, 0.15) is 6.33 Å². The van der Waals surface area contributed by atoms with Crippen LogP contribution in [0.5, 0.6) is 11.5 Å². The van der Waals surface area contributed by atoms with Crippen LogP contribution in [0, 0.1) is 13.8 Å². The summed E-state index contributed by atoms with van der Waals surface area (Å²) in [5.41, 5.74) is 5.89. The summed E-state index contributed by atoms with van der Waals surface area (Å²) in [4.78, 5) is 13.8. The molecule has 0 unspecified atom stereocenters. The van der Waals surface area contributed by atoms with Crippen LogP contribution in [0.15, 0.2) is 49.1 Å². The predicted octanol–water partition coefficient (Wildman–Crippen LogP) is 3.69. The number of methoxy groups -OCH3 is 2. The second-order valence-corrected chi connectivity index (χ2v) is 7.36. The Balaban J connectivity index is 1.62. The van der Waals surface area contributed by atoms with E-state index in [0.717, 1.165) is 39.2 Å². The van der Waals surface area contributed by atoms with Crippen LogP contribution in [0.4, 0.5) is 0 Å². The monoisotopic (exact) mass is 414 g/mol. The first-order valence-electron chi connectivity index (χ1n) is 9.94. The van der Waals surface area contributed by atoms with E-state index in [1.54, 1.807) is 31.3 Å². The highest BCUT2D eigenvalue weighted by molar-refractivity contribution is 5.94. The molecule has 0 bridgehead atoms. The van der Waals surface area contributed by atoms with Crippen molar-refractivity contribution in [2.24, 2.45) is 0 Å². The summed E-state index contributed by atoms with van der Waals surface area (Å²) in [5, 5.41) is 5.65. The molecule has 5 rings (SSSR count). The Labute approximate surface area is 179 Å². The Hall–Kier alpha value is -3.94. The van der Waals surface area contributed by atoms with Crippen molar-refractivity contribution >= 4 is 16.7 Å². The van der Waals surface area contributed by atoms with Crippen LogP contribution in [0.3, 0.4) is 0 Å². The largest absolute Gasteiger partial charge is 0.493 e. The zero-order valence-electron chi connectivity index (χ0n) is 17.8. The van der Waals surface area contributed by atoms with Gasteiger partial charge in [-0.25, -0.2) is 14.5 Å². The number of rotatable bonds is 5. The summed E-state index contributed by atoms with van der Waals surface area (Å²) < 4.78 is 14.6. The number of pyridine rings is 1. The van der Waals surface area contributed by atoms with E-state index in [2.05, 4.69) is 28.5 Å². The first kappa shape index (κ1) is 19.0. The van der Waals surface area contributed by atoms with Gasteiger partial charge in [0.05, 0.1) is 31.5 Å². The molecule has 0 fully saturated rings. The fourth-order valence-electron chi connectivity index (χ4n) is 3.95. The minimum absolute atomic E-state index is 0.574. The van der Waals surface area contributed by atoms with Crippen molar-refractivity contribution in [1.29, 1.82) is 0 Å². The number of hydrogen-bond acceptors (Lipinski definition) is 6. The molecule has 0 N–H and O–H groups in total. The Morgan fingerprint density at radius 2 is 1.84 bits per heavy atom. The van der Waals surface area contributed by atoms with Gasteiger partial charge in [-0.15, -0.1) is 5.10 Å². The molecule has 0 aliphatic carbocycles. The van der Waals surface area contributed by atoms with E-state index in [1.807, 2.05) is 36.5 Å². The van der Waals surface area contributed by atoms with E-state index < -0.39 is 0 Å². The molecule has 31 heavy (non-hydrogen) atoms. The van der Waals surface area contributed by atoms with Crippen molar-refractivity contribution in [3.8, 4) is 17.2 Å². The van der Waals surface area contributed by atoms with Crippen molar-refractivity contribution < 1.29 is 9.47 Å². The minimum Gasteiger partial charge on any atom is -0.493 e. The number of nitrogens with zero attached hydrogens (tertiary/aromatic N) is 6. The summed E-state index contributed by atoms with van der Waals surface area (Å²) >= 11 is 0. The number of ether oxygens (including phenoxy) is 2. The van der Waals surface area contributed by atoms with Crippen LogP contribution in [-0.2, 0) is 6.42 Å². The average Bonchev–Trinajstić information content (AvgIpc) is 3.32. The summed E-state index contributed by atoms with van der Waals surface area (Å²) in [7, 11) is 3.26. The lowest BCUT2D eigenvalue weighted by atomic mass is 10.1. The van der Waals surface area contributed by atoms with Crippen molar-refractivity contribution in [2.45, 2.75) is 20.3 Å². The van der Waals surface area contributed by atoms with Gasteiger partial charge in [-0.3, -0.25) is 9.55 Å². The standard InChI is InChI=1S/C23H22N6O2/c1-14-15(2)29(17-6-5-9-24-12-17)22-21(14)23-26-20(27-28(23)13-25-22)11-16-7-8-18(30-3)19(10-16)31-4/h5-10,12-13H,11H2,1-4H3. The Bertz CT molecular complexity index is 1400. The van der Waals surface area contributed by atoms with Crippen LogP contribution >= 0.6 is 0 Å². The van der Waals surface area contributed by atoms with Gasteiger partial charge in [-0.2, -0.15) is 0 Å². The molecule has 1 aromatic carbocycles. The molecule has 8 heteroatoms. The third-order valence-electron chi connectivity index (χ3n) is 5.59. The molecule has 0 atom stereocenters. The van der Waals surface area contributed by atoms with E-state index in [4.69, 9.17) is 19.4 Å². The molecular weight excluding hydrogens is 392 g/mol. The van der Waals surface area contributed by atoms with Crippen LogP contribution < -0.4 is 9.47 Å². The molecule has 0 spiro atoms. The summed E-state index contributed by atoms with van der Waals surface area (Å²) in [6.07, 6.45) is 5.89. The number of aryl methyl sites for hydroxylation is 1. The number of hydrogen-bond donors (Lipinski definition) is 0. The maximum absolute atomic E-state index is 5.42. The van der Waals surface area contributed by atoms with Gasteiger partial charge in [0.15, 0.2) is 28.6 Å². The lowest BCUT2D eigenvalue weighted by Crippen LogP contribution is -1.99. The summed E-state index contributed by atoms with van der Waals surface area (Å²) in [6, 6.07) is 9.79. The molecule has 0 saturated heterocycles. The van der Waals surface area contributed by atoms with Crippen molar-refractivity contribution in [3.63, 3.8) is 0 Å². The SMILES string of the molecule is COc1ccc(Cc2nc3c4c(C)c(C)n(-c5cccnc5)c4ncn3n2)cc1OC. The smallest absolute Gasteiger partial charge is 0.168 e. The third-order valence-corrected chi connectivity index (χ3v) is 5.59. The second-order valence-electron chi connectivity index (χ2n) is 7.36. The normalized spacial score (nSPS) is 11.4. The van der Waals surface area contributed by atoms with Gasteiger partial charge in [0.2, 0.25) is 0 Å². The average molecular weight is 414 g/mol. The van der Waals surface area contributed by atoms with Gasteiger partial charge >= 0.3 is 0 Å². The van der Waals surface area contributed by atoms with E-state index in [-0.39, 0.29) is 0 Å². The van der Waals surface area contributed by atoms with Crippen molar-refractivity contribution in [2.75, 3.05) is 14.2 Å². The Morgan fingerprint density at radius 1 is 1.00 bits per heavy atom. The van der Waals surface area contributed by atoms with Gasteiger partial charge in [0.25, 0.3) is 0 Å². The molecule has 0 aliphatic heterocycles. The maximum atomic E-state index is 5.42. The summed E-state index contributed by atoms with van der Waals surface area (Å²) in [5.74, 6) is 2.10. The summed E-state index contributed by atoms with van der Waals surface area (Å²) in [6.45, 7) is 4.18. The van der Waals surface area contributed by atoms with Crippen molar-refractivity contribution in [1.82, 2.24) is 29.1 Å². The van der Waals surface area contributed by atoms with Gasteiger partial charge in [-0.05, 0) is 49.2 Å². The molecule has 4 heterocycles. The fourth-order valence-corrected chi connectivity index (χ4v) is 3.95. The zero-order valence-corrected chi connectivity index (χ0v) is 17.8. The van der Waals surface area contributed by atoms with Crippen LogP contribution in [0.2, 0.25) is 0 Å². The third kappa shape index (κ3) is 3.07. The molecule has 0 aliphatic rings. The molecule has 8 nitrogen and oxygen atoms in total. The highest BCUT2D eigenvalue weighted by atomic mass is 16.5. The van der Waals surface area contributed by atoms with Crippen molar-refractivity contribution in [3.05, 3.63) is 71.7 Å². The van der Waals surface area contributed by atoms with Gasteiger partial charge < -0.3 is 9.47 Å². The Kier molecular flexibility index (Phi) is 4.54. The molecular formula is C23H22N6O2.